The van der Waals surface area contributed by atoms with Crippen LogP contribution in [0.15, 0.2) is 48.7 Å². The normalized spacial score (nSPS) is 11.1. The Morgan fingerprint density at radius 3 is 2.62 bits per heavy atom. The van der Waals surface area contributed by atoms with Gasteiger partial charge in [-0.15, -0.1) is 0 Å². The number of ether oxygens (including phenoxy) is 1. The van der Waals surface area contributed by atoms with Gasteiger partial charge in [-0.3, -0.25) is 0 Å². The maximum absolute atomic E-state index is 14.3. The van der Waals surface area contributed by atoms with Gasteiger partial charge in [-0.05, 0) is 43.1 Å². The monoisotopic (exact) mass is 326 g/mol. The number of aromatic nitrogens is 1. The van der Waals surface area contributed by atoms with E-state index in [-0.39, 0.29) is 5.82 Å². The van der Waals surface area contributed by atoms with Gasteiger partial charge in [0.1, 0.15) is 11.6 Å². The molecule has 0 aliphatic carbocycles. The van der Waals surface area contributed by atoms with Crippen LogP contribution in [0.4, 0.5) is 4.39 Å². The van der Waals surface area contributed by atoms with E-state index in [1.165, 1.54) is 11.6 Å². The molecule has 3 nitrogen and oxygen atoms in total. The molecule has 1 N–H and O–H groups in total. The van der Waals surface area contributed by atoms with E-state index in [4.69, 9.17) is 4.74 Å². The molecule has 0 bridgehead atoms. The van der Waals surface area contributed by atoms with Crippen molar-refractivity contribution in [2.24, 2.45) is 0 Å². The summed E-state index contributed by atoms with van der Waals surface area (Å²) in [7, 11) is 1.63. The van der Waals surface area contributed by atoms with Gasteiger partial charge in [-0.2, -0.15) is 0 Å². The molecule has 2 aromatic carbocycles. The topological polar surface area (TPSA) is 26.2 Å². The second-order valence-corrected chi connectivity index (χ2v) is 5.83. The number of methoxy groups -OCH3 is 1. The van der Waals surface area contributed by atoms with Crippen LogP contribution in [0.1, 0.15) is 18.1 Å². The van der Waals surface area contributed by atoms with Crippen LogP contribution in [-0.4, -0.2) is 18.2 Å². The molecule has 1 heterocycles. The number of benzene rings is 2. The molecule has 0 unspecified atom stereocenters. The van der Waals surface area contributed by atoms with E-state index >= 15 is 0 Å². The molecular formula is C20H23FN2O. The first kappa shape index (κ1) is 16.5. The third kappa shape index (κ3) is 3.29. The maximum Gasteiger partial charge on any atom is 0.147 e. The van der Waals surface area contributed by atoms with Gasteiger partial charge in [-0.25, -0.2) is 4.39 Å². The van der Waals surface area contributed by atoms with Crippen LogP contribution in [0.5, 0.6) is 5.75 Å². The highest BCUT2D eigenvalue weighted by Gasteiger charge is 2.16. The lowest BCUT2D eigenvalue weighted by Gasteiger charge is -2.07. The van der Waals surface area contributed by atoms with E-state index < -0.39 is 0 Å². The fourth-order valence-electron chi connectivity index (χ4n) is 3.12. The Hall–Kier alpha value is -2.33. The predicted molar refractivity (Wildman–Crippen MR) is 96.0 cm³/mol. The zero-order valence-electron chi connectivity index (χ0n) is 14.2. The number of halogens is 1. The molecule has 1 aromatic heterocycles. The molecule has 0 atom stereocenters. The predicted octanol–water partition coefficient (Wildman–Crippen LogP) is 4.14. The first-order valence-electron chi connectivity index (χ1n) is 8.33. The summed E-state index contributed by atoms with van der Waals surface area (Å²) in [6.45, 7) is 4.42. The lowest BCUT2D eigenvalue weighted by atomic mass is 10.1. The molecule has 0 spiro atoms. The average Bonchev–Trinajstić information content (AvgIpc) is 3.00. The number of nitrogens with zero attached hydrogens (tertiary/aromatic N) is 1. The molecule has 4 heteroatoms. The number of rotatable bonds is 7. The molecule has 3 aromatic rings. The van der Waals surface area contributed by atoms with Crippen molar-refractivity contribution in [1.82, 2.24) is 9.88 Å². The molecule has 0 radical (unpaired) electrons. The van der Waals surface area contributed by atoms with E-state index in [0.717, 1.165) is 42.8 Å². The number of aryl methyl sites for hydroxylation is 1. The number of hydrogen-bond donors (Lipinski definition) is 1. The van der Waals surface area contributed by atoms with Crippen molar-refractivity contribution in [3.63, 3.8) is 0 Å². The molecule has 0 amide bonds. The summed E-state index contributed by atoms with van der Waals surface area (Å²) in [5.41, 5.74) is 3.01. The lowest BCUT2D eigenvalue weighted by Crippen LogP contribution is -2.16. The summed E-state index contributed by atoms with van der Waals surface area (Å²) in [4.78, 5) is 0. The maximum atomic E-state index is 14.3. The van der Waals surface area contributed by atoms with Crippen LogP contribution in [0, 0.1) is 5.82 Å². The van der Waals surface area contributed by atoms with Crippen molar-refractivity contribution >= 4 is 10.9 Å². The minimum Gasteiger partial charge on any atom is -0.496 e. The highest BCUT2D eigenvalue weighted by atomic mass is 19.1. The van der Waals surface area contributed by atoms with Crippen LogP contribution < -0.4 is 10.1 Å². The molecule has 0 saturated carbocycles. The standard InChI is InChI=1S/C20H23FN2O/c1-3-23-14-16(11-12-22-13-15-7-5-4-6-8-15)19-18(24-2)10-9-17(21)20(19)23/h4-10,14,22H,3,11-13H2,1-2H3. The van der Waals surface area contributed by atoms with Crippen LogP contribution in [0.3, 0.4) is 0 Å². The molecule has 0 aliphatic rings. The summed E-state index contributed by atoms with van der Waals surface area (Å²) in [5, 5.41) is 4.34. The molecule has 126 valence electrons. The van der Waals surface area contributed by atoms with Crippen LogP contribution in [0.25, 0.3) is 10.9 Å². The van der Waals surface area contributed by atoms with Crippen molar-refractivity contribution < 1.29 is 9.13 Å². The molecule has 0 fully saturated rings. The summed E-state index contributed by atoms with van der Waals surface area (Å²) in [6, 6.07) is 13.5. The van der Waals surface area contributed by atoms with Crippen molar-refractivity contribution in [3.8, 4) is 5.75 Å². The Morgan fingerprint density at radius 1 is 1.12 bits per heavy atom. The molecule has 0 aliphatic heterocycles. The van der Waals surface area contributed by atoms with Gasteiger partial charge >= 0.3 is 0 Å². The first-order chi connectivity index (χ1) is 11.7. The van der Waals surface area contributed by atoms with E-state index in [1.807, 2.05) is 35.9 Å². The minimum atomic E-state index is -0.198. The van der Waals surface area contributed by atoms with Gasteiger partial charge in [0.15, 0.2) is 0 Å². The fourth-order valence-corrected chi connectivity index (χ4v) is 3.12. The van der Waals surface area contributed by atoms with E-state index in [9.17, 15) is 4.39 Å². The highest BCUT2D eigenvalue weighted by Crippen LogP contribution is 2.32. The van der Waals surface area contributed by atoms with Crippen molar-refractivity contribution in [1.29, 1.82) is 0 Å². The van der Waals surface area contributed by atoms with Gasteiger partial charge in [0.05, 0.1) is 12.6 Å². The molecule has 0 saturated heterocycles. The smallest absolute Gasteiger partial charge is 0.147 e. The van der Waals surface area contributed by atoms with Gasteiger partial charge in [0.2, 0.25) is 0 Å². The van der Waals surface area contributed by atoms with E-state index in [1.54, 1.807) is 13.2 Å². The largest absolute Gasteiger partial charge is 0.496 e. The molecule has 3 rings (SSSR count). The van der Waals surface area contributed by atoms with Gasteiger partial charge in [0, 0.05) is 24.7 Å². The average molecular weight is 326 g/mol. The second-order valence-electron chi connectivity index (χ2n) is 5.83. The number of fused-ring (bicyclic) bond motifs is 1. The Kier molecular flexibility index (Phi) is 5.16. The first-order valence-corrected chi connectivity index (χ1v) is 8.33. The summed E-state index contributed by atoms with van der Waals surface area (Å²) in [5.74, 6) is 0.535. The van der Waals surface area contributed by atoms with Crippen molar-refractivity contribution in [3.05, 3.63) is 65.6 Å². The summed E-state index contributed by atoms with van der Waals surface area (Å²) < 4.78 is 21.7. The Labute approximate surface area is 142 Å². The summed E-state index contributed by atoms with van der Waals surface area (Å²) >= 11 is 0. The third-order valence-corrected chi connectivity index (χ3v) is 4.31. The minimum absolute atomic E-state index is 0.198. The van der Waals surface area contributed by atoms with Crippen molar-refractivity contribution in [2.45, 2.75) is 26.4 Å². The Balaban J connectivity index is 1.78. The zero-order chi connectivity index (χ0) is 16.9. The second kappa shape index (κ2) is 7.49. The zero-order valence-corrected chi connectivity index (χ0v) is 14.2. The fraction of sp³-hybridized carbons (Fsp3) is 0.300. The molecular weight excluding hydrogens is 303 g/mol. The van der Waals surface area contributed by atoms with Crippen LogP contribution in [0.2, 0.25) is 0 Å². The number of nitrogens with one attached hydrogen (secondary N) is 1. The van der Waals surface area contributed by atoms with Gasteiger partial charge in [-0.1, -0.05) is 30.3 Å². The lowest BCUT2D eigenvalue weighted by molar-refractivity contribution is 0.419. The van der Waals surface area contributed by atoms with E-state index in [0.29, 0.717) is 5.52 Å². The van der Waals surface area contributed by atoms with E-state index in [2.05, 4.69) is 17.4 Å². The van der Waals surface area contributed by atoms with Gasteiger partial charge in [0.25, 0.3) is 0 Å². The Morgan fingerprint density at radius 2 is 1.92 bits per heavy atom. The van der Waals surface area contributed by atoms with Gasteiger partial charge < -0.3 is 14.6 Å². The molecule has 24 heavy (non-hydrogen) atoms. The van der Waals surface area contributed by atoms with Crippen LogP contribution >= 0.6 is 0 Å². The quantitative estimate of drug-likeness (QED) is 0.660. The van der Waals surface area contributed by atoms with Crippen molar-refractivity contribution in [2.75, 3.05) is 13.7 Å². The van der Waals surface area contributed by atoms with Crippen LogP contribution in [-0.2, 0) is 19.5 Å². The SMILES string of the molecule is CCn1cc(CCNCc2ccccc2)c2c(OC)ccc(F)c21. The Bertz CT molecular complexity index is 811. The highest BCUT2D eigenvalue weighted by molar-refractivity contribution is 5.90. The third-order valence-electron chi connectivity index (χ3n) is 4.31. The summed E-state index contributed by atoms with van der Waals surface area (Å²) in [6.07, 6.45) is 2.87. The number of hydrogen-bond acceptors (Lipinski definition) is 2.